The van der Waals surface area contributed by atoms with Crippen molar-refractivity contribution in [3.63, 3.8) is 0 Å². The number of anilines is 1. The van der Waals surface area contributed by atoms with Crippen LogP contribution in [0.15, 0.2) is 42.5 Å². The average Bonchev–Trinajstić information content (AvgIpc) is 3.37. The number of allylic oxidation sites excluding steroid dienone is 1. The van der Waals surface area contributed by atoms with Gasteiger partial charge in [-0.1, -0.05) is 44.2 Å². The van der Waals surface area contributed by atoms with Crippen LogP contribution in [-0.4, -0.2) is 37.4 Å². The highest BCUT2D eigenvalue weighted by molar-refractivity contribution is 5.46. The monoisotopic (exact) mass is 368 g/mol. The quantitative estimate of drug-likeness (QED) is 0.586. The van der Waals surface area contributed by atoms with Gasteiger partial charge < -0.3 is 15.3 Å². The Morgan fingerprint density at radius 2 is 1.81 bits per heavy atom. The molecule has 2 N–H and O–H groups in total. The highest BCUT2D eigenvalue weighted by atomic mass is 16.3. The van der Waals surface area contributed by atoms with Crippen LogP contribution in [0.5, 0.6) is 0 Å². The summed E-state index contributed by atoms with van der Waals surface area (Å²) >= 11 is 0. The molecule has 5 unspecified atom stereocenters. The van der Waals surface area contributed by atoms with Crippen LogP contribution in [0.3, 0.4) is 0 Å². The van der Waals surface area contributed by atoms with E-state index in [2.05, 4.69) is 60.5 Å². The first kappa shape index (κ1) is 19.0. The molecule has 1 saturated heterocycles. The largest absolute Gasteiger partial charge is 0.389 e. The predicted octanol–water partition coefficient (Wildman–Crippen LogP) is 4.09. The van der Waals surface area contributed by atoms with Gasteiger partial charge in [-0.15, -0.1) is 0 Å². The van der Waals surface area contributed by atoms with Crippen LogP contribution in [-0.2, 0) is 0 Å². The minimum atomic E-state index is -0.253. The first-order valence-corrected chi connectivity index (χ1v) is 11.0. The third kappa shape index (κ3) is 4.09. The standard InChI is InChI=1S/C24H36N2O/c1-18-19(2)23(27)9-8-20(18)10-13-25-17-21-16-24(21)11-14-26(15-12-24)22-6-4-3-5-7-22/h3-9,18-21,23,25,27H,10-17H2,1-2H3. The van der Waals surface area contributed by atoms with Crippen LogP contribution in [0.2, 0.25) is 0 Å². The molecule has 1 aliphatic heterocycles. The van der Waals surface area contributed by atoms with Gasteiger partial charge in [0.25, 0.3) is 0 Å². The molecule has 0 bridgehead atoms. The second kappa shape index (κ2) is 7.97. The lowest BCUT2D eigenvalue weighted by Gasteiger charge is -2.35. The molecule has 3 heteroatoms. The lowest BCUT2D eigenvalue weighted by molar-refractivity contribution is 0.0977. The summed E-state index contributed by atoms with van der Waals surface area (Å²) in [7, 11) is 0. The zero-order chi connectivity index (χ0) is 18.9. The van der Waals surface area contributed by atoms with E-state index < -0.39 is 0 Å². The van der Waals surface area contributed by atoms with E-state index >= 15 is 0 Å². The lowest BCUT2D eigenvalue weighted by atomic mass is 9.75. The molecular formula is C24H36N2O. The summed E-state index contributed by atoms with van der Waals surface area (Å²) in [6.45, 7) is 9.18. The van der Waals surface area contributed by atoms with E-state index in [4.69, 9.17) is 0 Å². The summed E-state index contributed by atoms with van der Waals surface area (Å²) in [4.78, 5) is 2.56. The van der Waals surface area contributed by atoms with Gasteiger partial charge in [0, 0.05) is 18.8 Å². The molecular weight excluding hydrogens is 332 g/mol. The molecule has 1 saturated carbocycles. The van der Waals surface area contributed by atoms with Crippen molar-refractivity contribution in [2.45, 2.75) is 45.6 Å². The van der Waals surface area contributed by atoms with Crippen LogP contribution in [0, 0.1) is 29.1 Å². The Morgan fingerprint density at radius 3 is 2.56 bits per heavy atom. The van der Waals surface area contributed by atoms with Gasteiger partial charge in [0.2, 0.25) is 0 Å². The summed E-state index contributed by atoms with van der Waals surface area (Å²) in [6.07, 6.45) is 9.32. The Bertz CT molecular complexity index is 635. The first-order valence-electron chi connectivity index (χ1n) is 11.0. The second-order valence-electron chi connectivity index (χ2n) is 9.34. The van der Waals surface area contributed by atoms with Crippen molar-refractivity contribution >= 4 is 5.69 Å². The zero-order valence-electron chi connectivity index (χ0n) is 17.0. The Labute approximate surface area is 164 Å². The summed E-state index contributed by atoms with van der Waals surface area (Å²) in [5.41, 5.74) is 2.02. The molecule has 1 heterocycles. The summed E-state index contributed by atoms with van der Waals surface area (Å²) in [5.74, 6) is 2.44. The first-order chi connectivity index (χ1) is 13.1. The number of nitrogens with one attached hydrogen (secondary N) is 1. The Morgan fingerprint density at radius 1 is 1.07 bits per heavy atom. The van der Waals surface area contributed by atoms with Crippen molar-refractivity contribution in [2.75, 3.05) is 31.1 Å². The van der Waals surface area contributed by atoms with E-state index in [1.54, 1.807) is 0 Å². The van der Waals surface area contributed by atoms with Crippen LogP contribution in [0.25, 0.3) is 0 Å². The van der Waals surface area contributed by atoms with Gasteiger partial charge in [0.05, 0.1) is 6.10 Å². The fraction of sp³-hybridized carbons (Fsp3) is 0.667. The third-order valence-corrected chi connectivity index (χ3v) is 7.88. The normalized spacial score (nSPS) is 34.8. The number of nitrogens with zero attached hydrogens (tertiary/aromatic N) is 1. The van der Waals surface area contributed by atoms with Crippen molar-refractivity contribution in [1.29, 1.82) is 0 Å². The van der Waals surface area contributed by atoms with Gasteiger partial charge in [-0.2, -0.15) is 0 Å². The van der Waals surface area contributed by atoms with Gasteiger partial charge >= 0.3 is 0 Å². The SMILES string of the molecule is CC1C(O)C=CC(CCNCC2CC23CCN(c2ccccc2)CC3)C1C. The molecule has 0 amide bonds. The summed E-state index contributed by atoms with van der Waals surface area (Å²) in [5, 5.41) is 13.7. The molecule has 2 fully saturated rings. The maximum absolute atomic E-state index is 9.94. The number of piperidine rings is 1. The highest BCUT2D eigenvalue weighted by Gasteiger charge is 2.54. The average molecular weight is 369 g/mol. The molecule has 3 aliphatic rings. The van der Waals surface area contributed by atoms with Crippen molar-refractivity contribution in [2.24, 2.45) is 29.1 Å². The molecule has 0 radical (unpaired) electrons. The molecule has 1 spiro atoms. The summed E-state index contributed by atoms with van der Waals surface area (Å²) in [6, 6.07) is 10.9. The smallest absolute Gasteiger partial charge is 0.0749 e. The zero-order valence-corrected chi connectivity index (χ0v) is 17.0. The van der Waals surface area contributed by atoms with E-state index in [1.807, 2.05) is 6.08 Å². The highest BCUT2D eigenvalue weighted by Crippen LogP contribution is 2.59. The number of hydrogen-bond acceptors (Lipinski definition) is 3. The number of hydrogen-bond donors (Lipinski definition) is 2. The Balaban J connectivity index is 1.16. The maximum Gasteiger partial charge on any atom is 0.0749 e. The van der Waals surface area contributed by atoms with E-state index in [0.717, 1.165) is 12.5 Å². The topological polar surface area (TPSA) is 35.5 Å². The van der Waals surface area contributed by atoms with Gasteiger partial charge in [0.1, 0.15) is 0 Å². The van der Waals surface area contributed by atoms with E-state index in [1.165, 1.54) is 51.0 Å². The van der Waals surface area contributed by atoms with Crippen LogP contribution >= 0.6 is 0 Å². The predicted molar refractivity (Wildman–Crippen MR) is 113 cm³/mol. The van der Waals surface area contributed by atoms with Gasteiger partial charge in [-0.05, 0) is 80.0 Å². The van der Waals surface area contributed by atoms with E-state index in [-0.39, 0.29) is 6.10 Å². The van der Waals surface area contributed by atoms with Gasteiger partial charge in [-0.25, -0.2) is 0 Å². The van der Waals surface area contributed by atoms with Crippen LogP contribution in [0.1, 0.15) is 39.5 Å². The van der Waals surface area contributed by atoms with Crippen LogP contribution in [0.4, 0.5) is 5.69 Å². The molecule has 148 valence electrons. The van der Waals surface area contributed by atoms with Crippen LogP contribution < -0.4 is 10.2 Å². The number of rotatable bonds is 6. The van der Waals surface area contributed by atoms with Crippen molar-refractivity contribution in [1.82, 2.24) is 5.32 Å². The van der Waals surface area contributed by atoms with E-state index in [0.29, 0.717) is 23.2 Å². The molecule has 1 aromatic rings. The van der Waals surface area contributed by atoms with Crippen molar-refractivity contribution in [3.05, 3.63) is 42.5 Å². The van der Waals surface area contributed by atoms with Crippen molar-refractivity contribution < 1.29 is 5.11 Å². The fourth-order valence-electron chi connectivity index (χ4n) is 5.39. The number of aliphatic hydroxyl groups is 1. The Hall–Kier alpha value is -1.32. The fourth-order valence-corrected chi connectivity index (χ4v) is 5.39. The van der Waals surface area contributed by atoms with E-state index in [9.17, 15) is 5.11 Å². The summed E-state index contributed by atoms with van der Waals surface area (Å²) < 4.78 is 0. The number of aliphatic hydroxyl groups excluding tert-OH is 1. The van der Waals surface area contributed by atoms with Gasteiger partial charge in [0.15, 0.2) is 0 Å². The molecule has 3 nitrogen and oxygen atoms in total. The molecule has 2 aliphatic carbocycles. The molecule has 27 heavy (non-hydrogen) atoms. The molecule has 1 aromatic carbocycles. The van der Waals surface area contributed by atoms with Crippen molar-refractivity contribution in [3.8, 4) is 0 Å². The third-order valence-electron chi connectivity index (χ3n) is 7.88. The molecule has 5 atom stereocenters. The molecule has 0 aromatic heterocycles. The minimum absolute atomic E-state index is 0.253. The molecule has 4 rings (SSSR count). The second-order valence-corrected chi connectivity index (χ2v) is 9.34. The number of benzene rings is 1. The Kier molecular flexibility index (Phi) is 5.61. The minimum Gasteiger partial charge on any atom is -0.389 e. The number of para-hydroxylation sites is 1. The van der Waals surface area contributed by atoms with Gasteiger partial charge in [-0.3, -0.25) is 0 Å². The maximum atomic E-state index is 9.94. The lowest BCUT2D eigenvalue weighted by Crippen LogP contribution is -2.36.